The predicted molar refractivity (Wildman–Crippen MR) is 101 cm³/mol. The van der Waals surface area contributed by atoms with Crippen LogP contribution in [0.4, 0.5) is 5.69 Å². The summed E-state index contributed by atoms with van der Waals surface area (Å²) < 4.78 is 10.3. The maximum Gasteiger partial charge on any atom is 0.271 e. The highest BCUT2D eigenvalue weighted by Gasteiger charge is 2.24. The first kappa shape index (κ1) is 19.9. The number of nitrogens with two attached hydrogens (primary N) is 2. The van der Waals surface area contributed by atoms with E-state index in [0.717, 1.165) is 0 Å². The van der Waals surface area contributed by atoms with E-state index in [4.69, 9.17) is 15.9 Å². The van der Waals surface area contributed by atoms with E-state index in [9.17, 15) is 9.59 Å². The number of nitrogens with one attached hydrogen (secondary N) is 1. The Morgan fingerprint density at radius 1 is 1.11 bits per heavy atom. The van der Waals surface area contributed by atoms with Crippen molar-refractivity contribution in [3.05, 3.63) is 88.2 Å². The zero-order valence-corrected chi connectivity index (χ0v) is 15.5. The number of halogens is 1. The highest BCUT2D eigenvalue weighted by Crippen LogP contribution is 2.22. The molecule has 27 heavy (non-hydrogen) atoms. The SMILES string of the molecule is Brc1cnco1.NC1=CC=CC(c2cnco2)C1=O.Nc1ccc[nH]c1=O. The number of anilines is 1. The van der Waals surface area contributed by atoms with E-state index >= 15 is 0 Å². The molecule has 0 radical (unpaired) electrons. The van der Waals surface area contributed by atoms with Gasteiger partial charge in [-0.25, -0.2) is 9.97 Å². The van der Waals surface area contributed by atoms with Gasteiger partial charge in [0.1, 0.15) is 11.7 Å². The molecule has 1 unspecified atom stereocenters. The van der Waals surface area contributed by atoms with Crippen LogP contribution in [0.25, 0.3) is 0 Å². The molecule has 1 aliphatic rings. The van der Waals surface area contributed by atoms with Crippen LogP contribution in [-0.2, 0) is 4.79 Å². The summed E-state index contributed by atoms with van der Waals surface area (Å²) in [6, 6.07) is 3.23. The van der Waals surface area contributed by atoms with Gasteiger partial charge in [0.2, 0.25) is 0 Å². The lowest BCUT2D eigenvalue weighted by molar-refractivity contribution is -0.116. The molecule has 0 saturated heterocycles. The van der Waals surface area contributed by atoms with Crippen molar-refractivity contribution in [1.29, 1.82) is 0 Å². The Kier molecular flexibility index (Phi) is 7.32. The number of Topliss-reactive ketones (excluding diaryl/α,β-unsaturated/α-hetero) is 1. The number of nitrogen functional groups attached to an aromatic ring is 1. The van der Waals surface area contributed by atoms with Gasteiger partial charge in [-0.05, 0) is 34.1 Å². The summed E-state index contributed by atoms with van der Waals surface area (Å²) in [6.07, 6.45) is 12.4. The number of nitrogens with zero attached hydrogens (tertiary/aromatic N) is 2. The van der Waals surface area contributed by atoms with E-state index in [-0.39, 0.29) is 22.7 Å². The normalized spacial score (nSPS) is 15.1. The Balaban J connectivity index is 0.000000159. The minimum absolute atomic E-state index is 0.140. The molecule has 3 aromatic rings. The molecule has 0 spiro atoms. The van der Waals surface area contributed by atoms with Crippen LogP contribution in [-0.4, -0.2) is 20.7 Å². The quantitative estimate of drug-likeness (QED) is 0.526. The minimum atomic E-state index is -0.410. The monoisotopic (exact) mass is 433 g/mol. The second kappa shape index (κ2) is 9.92. The molecule has 5 N–H and O–H groups in total. The molecule has 1 atom stereocenters. The standard InChI is InChI=1S/C9H8N2O2.C5H6N2O.C3H2BrNO/c10-7-3-1-2-6(9(7)12)8-4-11-5-13-8;6-4-2-1-3-7-5(4)8;4-3-1-5-2-6-3/h1-6H,10H2;1-3H,6H2,(H,7,8);1-2H. The lowest BCUT2D eigenvalue weighted by Gasteiger charge is -2.11. The van der Waals surface area contributed by atoms with Crippen molar-refractivity contribution in [2.45, 2.75) is 5.92 Å². The lowest BCUT2D eigenvalue weighted by Crippen LogP contribution is -2.20. The van der Waals surface area contributed by atoms with Crippen molar-refractivity contribution >= 4 is 27.4 Å². The summed E-state index contributed by atoms with van der Waals surface area (Å²) in [4.78, 5) is 31.7. The Morgan fingerprint density at radius 2 is 1.85 bits per heavy atom. The molecule has 0 saturated carbocycles. The van der Waals surface area contributed by atoms with Gasteiger partial charge in [-0.15, -0.1) is 0 Å². The summed E-state index contributed by atoms with van der Waals surface area (Å²) in [7, 11) is 0. The molecular weight excluding hydrogens is 418 g/mol. The van der Waals surface area contributed by atoms with Gasteiger partial charge >= 0.3 is 0 Å². The van der Waals surface area contributed by atoms with E-state index in [2.05, 4.69) is 35.3 Å². The van der Waals surface area contributed by atoms with Crippen LogP contribution < -0.4 is 17.0 Å². The fourth-order valence-electron chi connectivity index (χ4n) is 1.86. The summed E-state index contributed by atoms with van der Waals surface area (Å²) >= 11 is 3.05. The number of aromatic nitrogens is 3. The Bertz CT molecular complexity index is 961. The topological polar surface area (TPSA) is 154 Å². The molecule has 4 rings (SSSR count). The number of allylic oxidation sites excluding steroid dienone is 4. The lowest BCUT2D eigenvalue weighted by atomic mass is 9.95. The van der Waals surface area contributed by atoms with E-state index in [1.54, 1.807) is 42.8 Å². The number of aromatic amines is 1. The van der Waals surface area contributed by atoms with Crippen LogP contribution in [0.3, 0.4) is 0 Å². The third-order valence-electron chi connectivity index (χ3n) is 3.16. The molecule has 0 aliphatic heterocycles. The number of carbonyl (C=O) groups is 1. The number of carbonyl (C=O) groups excluding carboxylic acids is 1. The van der Waals surface area contributed by atoms with Crippen LogP contribution >= 0.6 is 15.9 Å². The predicted octanol–water partition coefficient (Wildman–Crippen LogP) is 2.13. The second-order valence-electron chi connectivity index (χ2n) is 5.01. The summed E-state index contributed by atoms with van der Waals surface area (Å²) in [6.45, 7) is 0. The van der Waals surface area contributed by atoms with Gasteiger partial charge in [0.15, 0.2) is 23.2 Å². The van der Waals surface area contributed by atoms with Crippen molar-refractivity contribution in [3.8, 4) is 0 Å². The average molecular weight is 434 g/mol. The van der Waals surface area contributed by atoms with Crippen molar-refractivity contribution in [2.75, 3.05) is 5.73 Å². The number of ketones is 1. The number of rotatable bonds is 1. The van der Waals surface area contributed by atoms with E-state index < -0.39 is 5.92 Å². The Labute approximate surface area is 161 Å². The van der Waals surface area contributed by atoms with Gasteiger partial charge in [-0.2, -0.15) is 0 Å². The van der Waals surface area contributed by atoms with Gasteiger partial charge < -0.3 is 25.3 Å². The zero-order valence-electron chi connectivity index (χ0n) is 13.9. The van der Waals surface area contributed by atoms with Gasteiger partial charge in [-0.1, -0.05) is 12.2 Å². The van der Waals surface area contributed by atoms with Crippen molar-refractivity contribution < 1.29 is 13.6 Å². The number of oxazole rings is 2. The molecule has 3 heterocycles. The molecule has 140 valence electrons. The van der Waals surface area contributed by atoms with Crippen molar-refractivity contribution in [2.24, 2.45) is 5.73 Å². The maximum atomic E-state index is 11.5. The van der Waals surface area contributed by atoms with Gasteiger partial charge in [-0.3, -0.25) is 9.59 Å². The zero-order chi connectivity index (χ0) is 19.6. The number of hydrogen-bond donors (Lipinski definition) is 3. The van der Waals surface area contributed by atoms with Gasteiger partial charge in [0.05, 0.1) is 23.8 Å². The molecule has 0 amide bonds. The molecule has 9 nitrogen and oxygen atoms in total. The first-order chi connectivity index (χ1) is 13.0. The van der Waals surface area contributed by atoms with Crippen LogP contribution in [0.2, 0.25) is 0 Å². The second-order valence-corrected chi connectivity index (χ2v) is 5.79. The van der Waals surface area contributed by atoms with Crippen LogP contribution in [0.15, 0.2) is 85.7 Å². The first-order valence-corrected chi connectivity index (χ1v) is 8.32. The summed E-state index contributed by atoms with van der Waals surface area (Å²) in [5.41, 5.74) is 10.9. The van der Waals surface area contributed by atoms with E-state index in [1.165, 1.54) is 19.0 Å². The van der Waals surface area contributed by atoms with Gasteiger partial charge in [0.25, 0.3) is 5.56 Å². The Morgan fingerprint density at radius 3 is 2.33 bits per heavy atom. The van der Waals surface area contributed by atoms with Gasteiger partial charge in [0, 0.05) is 6.20 Å². The largest absolute Gasteiger partial charge is 0.447 e. The molecular formula is C17H16BrN5O4. The highest BCUT2D eigenvalue weighted by molar-refractivity contribution is 9.10. The maximum absolute atomic E-state index is 11.5. The van der Waals surface area contributed by atoms with Crippen molar-refractivity contribution in [3.63, 3.8) is 0 Å². The summed E-state index contributed by atoms with van der Waals surface area (Å²) in [5.74, 6) is -0.0240. The summed E-state index contributed by atoms with van der Waals surface area (Å²) in [5, 5.41) is 0. The molecule has 3 aromatic heterocycles. The fraction of sp³-hybridized carbons (Fsp3) is 0.0588. The van der Waals surface area contributed by atoms with E-state index in [0.29, 0.717) is 10.4 Å². The average Bonchev–Trinajstić information content (AvgIpc) is 3.35. The van der Waals surface area contributed by atoms with Crippen LogP contribution in [0, 0.1) is 0 Å². The molecule has 10 heteroatoms. The van der Waals surface area contributed by atoms with Crippen LogP contribution in [0.5, 0.6) is 0 Å². The molecule has 0 bridgehead atoms. The molecule has 0 aromatic carbocycles. The van der Waals surface area contributed by atoms with E-state index in [1.807, 2.05) is 0 Å². The number of pyridine rings is 1. The third-order valence-corrected chi connectivity index (χ3v) is 3.55. The Hall–Kier alpha value is -3.40. The number of H-pyrrole nitrogens is 1. The van der Waals surface area contributed by atoms with Crippen LogP contribution in [0.1, 0.15) is 11.7 Å². The molecule has 1 aliphatic carbocycles. The fourth-order valence-corrected chi connectivity index (χ4v) is 2.06. The van der Waals surface area contributed by atoms with Crippen molar-refractivity contribution in [1.82, 2.24) is 15.0 Å². The number of hydrogen-bond acceptors (Lipinski definition) is 8. The molecule has 0 fully saturated rings. The highest BCUT2D eigenvalue weighted by atomic mass is 79.9. The third kappa shape index (κ3) is 6.12. The first-order valence-electron chi connectivity index (χ1n) is 7.52. The minimum Gasteiger partial charge on any atom is -0.447 e. The smallest absolute Gasteiger partial charge is 0.271 e.